The summed E-state index contributed by atoms with van der Waals surface area (Å²) in [6, 6.07) is 3.67. The van der Waals surface area contributed by atoms with Crippen LogP contribution in [0.2, 0.25) is 10.3 Å². The number of halogens is 2. The molecule has 0 amide bonds. The molecular weight excluding hydrogens is 221 g/mol. The summed E-state index contributed by atoms with van der Waals surface area (Å²) in [5.74, 6) is 0. The molecule has 0 saturated carbocycles. The van der Waals surface area contributed by atoms with Gasteiger partial charge in [0, 0.05) is 18.0 Å². The van der Waals surface area contributed by atoms with E-state index in [4.69, 9.17) is 23.2 Å². The molecule has 0 aliphatic heterocycles. The minimum atomic E-state index is 0.174. The average Bonchev–Trinajstić information content (AvgIpc) is 2.23. The zero-order valence-electron chi connectivity index (χ0n) is 6.98. The van der Waals surface area contributed by atoms with Gasteiger partial charge >= 0.3 is 0 Å². The van der Waals surface area contributed by atoms with Crippen molar-refractivity contribution in [3.8, 4) is 11.3 Å². The van der Waals surface area contributed by atoms with E-state index in [2.05, 4.69) is 15.0 Å². The van der Waals surface area contributed by atoms with E-state index < -0.39 is 0 Å². The van der Waals surface area contributed by atoms with Gasteiger partial charge in [0.25, 0.3) is 0 Å². The summed E-state index contributed by atoms with van der Waals surface area (Å²) < 4.78 is 0. The lowest BCUT2D eigenvalue weighted by atomic mass is 10.2. The van der Waals surface area contributed by atoms with E-state index in [-0.39, 0.29) is 5.28 Å². The van der Waals surface area contributed by atoms with Gasteiger partial charge in [0.2, 0.25) is 5.28 Å². The molecule has 3 nitrogen and oxygen atoms in total. The molecule has 0 radical (unpaired) electrons. The van der Waals surface area contributed by atoms with E-state index in [0.29, 0.717) is 10.7 Å². The lowest BCUT2D eigenvalue weighted by molar-refractivity contribution is 1.17. The monoisotopic (exact) mass is 225 g/mol. The van der Waals surface area contributed by atoms with Crippen LogP contribution in [-0.4, -0.2) is 15.0 Å². The van der Waals surface area contributed by atoms with Crippen LogP contribution in [-0.2, 0) is 0 Å². The summed E-state index contributed by atoms with van der Waals surface area (Å²) in [6.07, 6.45) is 4.82. The Balaban J connectivity index is 2.57. The summed E-state index contributed by atoms with van der Waals surface area (Å²) in [5, 5.41) is 0.635. The minimum absolute atomic E-state index is 0.174. The van der Waals surface area contributed by atoms with Crippen molar-refractivity contribution in [1.29, 1.82) is 0 Å². The van der Waals surface area contributed by atoms with Crippen molar-refractivity contribution in [3.63, 3.8) is 0 Å². The highest BCUT2D eigenvalue weighted by atomic mass is 35.5. The first-order chi connectivity index (χ1) is 6.77. The number of rotatable bonds is 1. The first-order valence-corrected chi connectivity index (χ1v) is 4.61. The molecule has 2 rings (SSSR count). The highest BCUT2D eigenvalue weighted by molar-refractivity contribution is 6.33. The predicted molar refractivity (Wildman–Crippen MR) is 55.3 cm³/mol. The molecule has 0 unspecified atom stereocenters. The van der Waals surface area contributed by atoms with Gasteiger partial charge in [-0.15, -0.1) is 0 Å². The highest BCUT2D eigenvalue weighted by Gasteiger charge is 2.06. The quantitative estimate of drug-likeness (QED) is 0.701. The van der Waals surface area contributed by atoms with Gasteiger partial charge in [0.1, 0.15) is 0 Å². The second-order valence-corrected chi connectivity index (χ2v) is 3.32. The fourth-order valence-corrected chi connectivity index (χ4v) is 1.38. The molecule has 0 bridgehead atoms. The molecule has 0 N–H and O–H groups in total. The van der Waals surface area contributed by atoms with E-state index in [1.165, 1.54) is 6.20 Å². The van der Waals surface area contributed by atoms with Gasteiger partial charge in [0.15, 0.2) is 0 Å². The lowest BCUT2D eigenvalue weighted by Crippen LogP contribution is -1.89. The number of aromatic nitrogens is 3. The topological polar surface area (TPSA) is 38.7 Å². The van der Waals surface area contributed by atoms with Crippen LogP contribution >= 0.6 is 23.2 Å². The summed E-state index contributed by atoms with van der Waals surface area (Å²) in [5.41, 5.74) is 1.42. The van der Waals surface area contributed by atoms with E-state index in [9.17, 15) is 0 Å². The van der Waals surface area contributed by atoms with Crippen molar-refractivity contribution in [2.24, 2.45) is 0 Å². The standard InChI is InChI=1S/C9H5Cl2N3/c10-7-5-13-9(11)14-8(7)6-2-1-3-12-4-6/h1-5H. The van der Waals surface area contributed by atoms with Crippen LogP contribution in [0.4, 0.5) is 0 Å². The number of nitrogens with zero attached hydrogens (tertiary/aromatic N) is 3. The number of hydrogen-bond donors (Lipinski definition) is 0. The molecule has 0 atom stereocenters. The summed E-state index contributed by atoms with van der Waals surface area (Å²) in [4.78, 5) is 11.8. The third-order valence-corrected chi connectivity index (χ3v) is 2.11. The van der Waals surface area contributed by atoms with Crippen molar-refractivity contribution >= 4 is 23.2 Å². The molecular formula is C9H5Cl2N3. The third-order valence-electron chi connectivity index (χ3n) is 1.65. The first-order valence-electron chi connectivity index (χ1n) is 3.86. The molecule has 0 spiro atoms. The molecule has 5 heteroatoms. The minimum Gasteiger partial charge on any atom is -0.264 e. The summed E-state index contributed by atoms with van der Waals surface area (Å²) >= 11 is 11.6. The normalized spacial score (nSPS) is 10.1. The van der Waals surface area contributed by atoms with Crippen LogP contribution in [0, 0.1) is 0 Å². The van der Waals surface area contributed by atoms with E-state index in [1.807, 2.05) is 12.1 Å². The van der Waals surface area contributed by atoms with Gasteiger partial charge < -0.3 is 0 Å². The molecule has 70 valence electrons. The van der Waals surface area contributed by atoms with Crippen molar-refractivity contribution in [3.05, 3.63) is 41.0 Å². The fourth-order valence-electron chi connectivity index (χ4n) is 1.05. The van der Waals surface area contributed by atoms with Crippen LogP contribution < -0.4 is 0 Å². The summed E-state index contributed by atoms with van der Waals surface area (Å²) in [6.45, 7) is 0. The smallest absolute Gasteiger partial charge is 0.222 e. The van der Waals surface area contributed by atoms with E-state index in [0.717, 1.165) is 5.56 Å². The number of hydrogen-bond acceptors (Lipinski definition) is 3. The Kier molecular flexibility index (Phi) is 2.61. The third kappa shape index (κ3) is 1.84. The van der Waals surface area contributed by atoms with Crippen molar-refractivity contribution in [1.82, 2.24) is 15.0 Å². The molecule has 0 fully saturated rings. The SMILES string of the molecule is Clc1ncc(Cl)c(-c2cccnc2)n1. The maximum atomic E-state index is 5.92. The zero-order chi connectivity index (χ0) is 9.97. The van der Waals surface area contributed by atoms with Gasteiger partial charge in [-0.05, 0) is 23.7 Å². The molecule has 0 aromatic carbocycles. The fraction of sp³-hybridized carbons (Fsp3) is 0. The van der Waals surface area contributed by atoms with Crippen LogP contribution in [0.15, 0.2) is 30.7 Å². The van der Waals surface area contributed by atoms with Gasteiger partial charge in [-0.25, -0.2) is 9.97 Å². The Morgan fingerprint density at radius 1 is 1.14 bits per heavy atom. The van der Waals surface area contributed by atoms with E-state index in [1.54, 1.807) is 12.4 Å². The Hall–Kier alpha value is -1.19. The van der Waals surface area contributed by atoms with Crippen molar-refractivity contribution in [2.75, 3.05) is 0 Å². The molecule has 2 aromatic heterocycles. The van der Waals surface area contributed by atoms with Crippen LogP contribution in [0.3, 0.4) is 0 Å². The molecule has 2 heterocycles. The Bertz CT molecular complexity index is 445. The Morgan fingerprint density at radius 3 is 2.71 bits per heavy atom. The van der Waals surface area contributed by atoms with Crippen molar-refractivity contribution < 1.29 is 0 Å². The maximum Gasteiger partial charge on any atom is 0.222 e. The molecule has 0 aliphatic rings. The summed E-state index contributed by atoms with van der Waals surface area (Å²) in [7, 11) is 0. The first kappa shape index (κ1) is 9.37. The average molecular weight is 226 g/mol. The Labute approximate surface area is 90.8 Å². The van der Waals surface area contributed by atoms with Gasteiger partial charge in [-0.1, -0.05) is 11.6 Å². The molecule has 0 aliphatic carbocycles. The van der Waals surface area contributed by atoms with Crippen LogP contribution in [0.25, 0.3) is 11.3 Å². The second-order valence-electron chi connectivity index (χ2n) is 2.58. The largest absolute Gasteiger partial charge is 0.264 e. The van der Waals surface area contributed by atoms with Gasteiger partial charge in [-0.3, -0.25) is 4.98 Å². The number of pyridine rings is 1. The molecule has 14 heavy (non-hydrogen) atoms. The molecule has 0 saturated heterocycles. The van der Waals surface area contributed by atoms with Gasteiger partial charge in [-0.2, -0.15) is 0 Å². The van der Waals surface area contributed by atoms with Crippen LogP contribution in [0.1, 0.15) is 0 Å². The molecule has 2 aromatic rings. The maximum absolute atomic E-state index is 5.92. The Morgan fingerprint density at radius 2 is 2.00 bits per heavy atom. The lowest BCUT2D eigenvalue weighted by Gasteiger charge is -2.01. The second kappa shape index (κ2) is 3.90. The van der Waals surface area contributed by atoms with Crippen LogP contribution in [0.5, 0.6) is 0 Å². The highest BCUT2D eigenvalue weighted by Crippen LogP contribution is 2.24. The van der Waals surface area contributed by atoms with Crippen molar-refractivity contribution in [2.45, 2.75) is 0 Å². The zero-order valence-corrected chi connectivity index (χ0v) is 8.50. The predicted octanol–water partition coefficient (Wildman–Crippen LogP) is 2.85. The van der Waals surface area contributed by atoms with E-state index >= 15 is 0 Å². The van der Waals surface area contributed by atoms with Gasteiger partial charge in [0.05, 0.1) is 16.9 Å².